The van der Waals surface area contributed by atoms with E-state index < -0.39 is 23.8 Å². The number of anilines is 1. The average molecular weight is 291 g/mol. The Bertz CT molecular complexity index is 569. The quantitative estimate of drug-likeness (QED) is 0.418. The van der Waals surface area contributed by atoms with Gasteiger partial charge < -0.3 is 21.9 Å². The molecule has 1 aromatic rings. The van der Waals surface area contributed by atoms with Crippen molar-refractivity contribution in [3.63, 3.8) is 0 Å². The number of carbonyl (C=O) groups excluding carboxylic acids is 2. The van der Waals surface area contributed by atoms with Gasteiger partial charge in [-0.25, -0.2) is 4.79 Å². The first-order chi connectivity index (χ1) is 9.88. The fourth-order valence-corrected chi connectivity index (χ4v) is 1.60. The normalized spacial score (nSPS) is 12.0. The van der Waals surface area contributed by atoms with Crippen LogP contribution in [0.4, 0.5) is 5.69 Å². The monoisotopic (exact) mass is 291 g/mol. The topological polar surface area (TPSA) is 136 Å². The van der Waals surface area contributed by atoms with Gasteiger partial charge in [0.2, 0.25) is 11.8 Å². The molecule has 0 aromatic heterocycles. The summed E-state index contributed by atoms with van der Waals surface area (Å²) >= 11 is 0. The Morgan fingerprint density at radius 2 is 2.05 bits per heavy atom. The number of benzene rings is 1. The van der Waals surface area contributed by atoms with E-state index >= 15 is 0 Å². The number of hydrogen-bond donors (Lipinski definition) is 4. The standard InChI is InChI=1S/C14H17N3O4/c15-10-3-1-2-9(8-10)4-7-13(19)17-11(14(20)21)5-6-12(16)18/h1-4,7-8,11H,5-6,15H2,(H2,16,18)(H,17,19)(H,20,21)/b7-4+/t11-/m1/s1. The van der Waals surface area contributed by atoms with Crippen molar-refractivity contribution in [2.24, 2.45) is 5.73 Å². The molecule has 0 saturated carbocycles. The van der Waals surface area contributed by atoms with Crippen LogP contribution in [0.1, 0.15) is 18.4 Å². The fourth-order valence-electron chi connectivity index (χ4n) is 1.60. The minimum atomic E-state index is -1.22. The van der Waals surface area contributed by atoms with Gasteiger partial charge in [-0.1, -0.05) is 12.1 Å². The molecule has 0 aliphatic heterocycles. The Hall–Kier alpha value is -2.83. The molecule has 0 radical (unpaired) electrons. The van der Waals surface area contributed by atoms with Crippen LogP contribution in [-0.4, -0.2) is 28.9 Å². The van der Waals surface area contributed by atoms with Gasteiger partial charge in [-0.2, -0.15) is 0 Å². The van der Waals surface area contributed by atoms with Gasteiger partial charge in [-0.05, 0) is 30.2 Å². The van der Waals surface area contributed by atoms with Crippen LogP contribution >= 0.6 is 0 Å². The number of hydrogen-bond acceptors (Lipinski definition) is 4. The van der Waals surface area contributed by atoms with Gasteiger partial charge in [0, 0.05) is 18.2 Å². The van der Waals surface area contributed by atoms with Crippen molar-refractivity contribution < 1.29 is 19.5 Å². The summed E-state index contributed by atoms with van der Waals surface area (Å²) < 4.78 is 0. The third kappa shape index (κ3) is 6.24. The summed E-state index contributed by atoms with van der Waals surface area (Å²) in [5, 5.41) is 11.2. The predicted octanol–water partition coefficient (Wildman–Crippen LogP) is 0.117. The lowest BCUT2D eigenvalue weighted by Gasteiger charge is -2.11. The summed E-state index contributed by atoms with van der Waals surface area (Å²) in [7, 11) is 0. The van der Waals surface area contributed by atoms with Crippen LogP contribution in [-0.2, 0) is 14.4 Å². The summed E-state index contributed by atoms with van der Waals surface area (Å²) in [5.74, 6) is -2.41. The maximum absolute atomic E-state index is 11.7. The van der Waals surface area contributed by atoms with Crippen molar-refractivity contribution in [3.8, 4) is 0 Å². The second-order valence-corrected chi connectivity index (χ2v) is 4.41. The Morgan fingerprint density at radius 3 is 2.62 bits per heavy atom. The molecule has 0 aliphatic rings. The lowest BCUT2D eigenvalue weighted by Crippen LogP contribution is -2.40. The molecule has 112 valence electrons. The van der Waals surface area contributed by atoms with Gasteiger partial charge >= 0.3 is 5.97 Å². The van der Waals surface area contributed by atoms with Crippen LogP contribution < -0.4 is 16.8 Å². The number of carboxylic acid groups (broad SMARTS) is 1. The molecule has 7 nitrogen and oxygen atoms in total. The third-order valence-corrected chi connectivity index (χ3v) is 2.63. The number of nitrogens with two attached hydrogens (primary N) is 2. The lowest BCUT2D eigenvalue weighted by atomic mass is 10.1. The summed E-state index contributed by atoms with van der Waals surface area (Å²) in [6.07, 6.45) is 2.55. The number of primary amides is 1. The van der Waals surface area contributed by atoms with Gasteiger partial charge in [-0.3, -0.25) is 9.59 Å². The number of aliphatic carboxylic acids is 1. The second-order valence-electron chi connectivity index (χ2n) is 4.41. The Balaban J connectivity index is 2.61. The van der Waals surface area contributed by atoms with Crippen molar-refractivity contribution in [3.05, 3.63) is 35.9 Å². The highest BCUT2D eigenvalue weighted by Gasteiger charge is 2.19. The van der Waals surface area contributed by atoms with Crippen LogP contribution in [0.25, 0.3) is 6.08 Å². The Kier molecular flexibility index (Phi) is 5.94. The van der Waals surface area contributed by atoms with Gasteiger partial charge in [0.1, 0.15) is 6.04 Å². The number of amides is 2. The SMILES string of the molecule is NC(=O)CC[C@@H](NC(=O)/C=C/c1cccc(N)c1)C(=O)O. The minimum Gasteiger partial charge on any atom is -0.480 e. The molecule has 2 amide bonds. The fraction of sp³-hybridized carbons (Fsp3) is 0.214. The first-order valence-electron chi connectivity index (χ1n) is 6.23. The minimum absolute atomic E-state index is 0.0530. The molecular weight excluding hydrogens is 274 g/mol. The van der Waals surface area contributed by atoms with Crippen LogP contribution in [0, 0.1) is 0 Å². The maximum Gasteiger partial charge on any atom is 0.326 e. The van der Waals surface area contributed by atoms with E-state index in [4.69, 9.17) is 16.6 Å². The second kappa shape index (κ2) is 7.68. The van der Waals surface area contributed by atoms with Crippen molar-refractivity contribution in [1.29, 1.82) is 0 Å². The Labute approximate surface area is 121 Å². The number of nitrogens with one attached hydrogen (secondary N) is 1. The smallest absolute Gasteiger partial charge is 0.326 e. The van der Waals surface area contributed by atoms with E-state index in [0.29, 0.717) is 11.3 Å². The zero-order valence-corrected chi connectivity index (χ0v) is 11.3. The van der Waals surface area contributed by atoms with Crippen LogP contribution in [0.5, 0.6) is 0 Å². The zero-order chi connectivity index (χ0) is 15.8. The lowest BCUT2D eigenvalue weighted by molar-refractivity contribution is -0.141. The number of rotatable bonds is 7. The highest BCUT2D eigenvalue weighted by molar-refractivity contribution is 5.94. The molecule has 0 heterocycles. The number of carbonyl (C=O) groups is 3. The number of nitrogen functional groups attached to an aromatic ring is 1. The van der Waals surface area contributed by atoms with Crippen LogP contribution in [0.3, 0.4) is 0 Å². The molecule has 0 unspecified atom stereocenters. The van der Waals surface area contributed by atoms with Crippen molar-refractivity contribution in [1.82, 2.24) is 5.32 Å². The molecule has 0 saturated heterocycles. The first-order valence-corrected chi connectivity index (χ1v) is 6.23. The van der Waals surface area contributed by atoms with Crippen molar-refractivity contribution in [2.45, 2.75) is 18.9 Å². The third-order valence-electron chi connectivity index (χ3n) is 2.63. The highest BCUT2D eigenvalue weighted by Crippen LogP contribution is 2.08. The largest absolute Gasteiger partial charge is 0.480 e. The highest BCUT2D eigenvalue weighted by atomic mass is 16.4. The predicted molar refractivity (Wildman–Crippen MR) is 77.9 cm³/mol. The molecule has 21 heavy (non-hydrogen) atoms. The molecule has 0 aliphatic carbocycles. The summed E-state index contributed by atoms with van der Waals surface area (Å²) in [4.78, 5) is 33.3. The molecule has 1 aromatic carbocycles. The first kappa shape index (κ1) is 16.2. The molecular formula is C14H17N3O4. The van der Waals surface area contributed by atoms with E-state index in [1.807, 2.05) is 0 Å². The average Bonchev–Trinajstić information content (AvgIpc) is 2.40. The van der Waals surface area contributed by atoms with E-state index in [0.717, 1.165) is 0 Å². The summed E-state index contributed by atoms with van der Waals surface area (Å²) in [6, 6.07) is 5.71. The van der Waals surface area contributed by atoms with E-state index in [9.17, 15) is 14.4 Å². The van der Waals surface area contributed by atoms with Crippen molar-refractivity contribution >= 4 is 29.5 Å². The van der Waals surface area contributed by atoms with Crippen LogP contribution in [0.2, 0.25) is 0 Å². The molecule has 7 heteroatoms. The van der Waals surface area contributed by atoms with Gasteiger partial charge in [0.25, 0.3) is 0 Å². The molecule has 0 fully saturated rings. The maximum atomic E-state index is 11.7. The van der Waals surface area contributed by atoms with E-state index in [1.54, 1.807) is 24.3 Å². The van der Waals surface area contributed by atoms with E-state index in [1.165, 1.54) is 12.2 Å². The molecule has 0 bridgehead atoms. The van der Waals surface area contributed by atoms with Crippen LogP contribution in [0.15, 0.2) is 30.3 Å². The zero-order valence-electron chi connectivity index (χ0n) is 11.3. The number of carboxylic acids is 1. The molecule has 6 N–H and O–H groups in total. The molecule has 1 atom stereocenters. The van der Waals surface area contributed by atoms with Gasteiger partial charge in [0.05, 0.1) is 0 Å². The summed E-state index contributed by atoms with van der Waals surface area (Å²) in [5.41, 5.74) is 11.8. The van der Waals surface area contributed by atoms with Crippen molar-refractivity contribution in [2.75, 3.05) is 5.73 Å². The molecule has 1 rings (SSSR count). The van der Waals surface area contributed by atoms with Gasteiger partial charge in [-0.15, -0.1) is 0 Å². The van der Waals surface area contributed by atoms with E-state index in [-0.39, 0.29) is 12.8 Å². The van der Waals surface area contributed by atoms with Gasteiger partial charge in [0.15, 0.2) is 0 Å². The Morgan fingerprint density at radius 1 is 1.33 bits per heavy atom. The van der Waals surface area contributed by atoms with E-state index in [2.05, 4.69) is 5.32 Å². The molecule has 0 spiro atoms. The summed E-state index contributed by atoms with van der Waals surface area (Å²) in [6.45, 7) is 0.